The Morgan fingerprint density at radius 2 is 1.94 bits per heavy atom. The van der Waals surface area contributed by atoms with Gasteiger partial charge in [-0.15, -0.1) is 0 Å². The van der Waals surface area contributed by atoms with Crippen molar-refractivity contribution in [2.24, 2.45) is 11.7 Å². The van der Waals surface area contributed by atoms with E-state index in [4.69, 9.17) is 5.73 Å². The van der Waals surface area contributed by atoms with Gasteiger partial charge in [0.25, 0.3) is 0 Å². The van der Waals surface area contributed by atoms with E-state index in [1.54, 1.807) is 19.9 Å². The topological polar surface area (TPSA) is 64.4 Å². The maximum absolute atomic E-state index is 12.2. The first-order valence-electron chi connectivity index (χ1n) is 5.52. The Labute approximate surface area is 104 Å². The van der Waals surface area contributed by atoms with Crippen molar-refractivity contribution < 1.29 is 18.3 Å². The molecule has 18 heavy (non-hydrogen) atoms. The quantitative estimate of drug-likeness (QED) is 0.851. The Bertz CT molecular complexity index is 411. The van der Waals surface area contributed by atoms with Crippen LogP contribution in [0, 0.1) is 5.92 Å². The second-order valence-electron chi connectivity index (χ2n) is 4.13. The third-order valence-corrected chi connectivity index (χ3v) is 2.38. The number of amides is 1. The van der Waals surface area contributed by atoms with Gasteiger partial charge in [-0.25, -0.2) is 0 Å². The van der Waals surface area contributed by atoms with E-state index in [-0.39, 0.29) is 17.4 Å². The molecule has 0 radical (unpaired) electrons. The average molecular weight is 258 g/mol. The lowest BCUT2D eigenvalue weighted by atomic mass is 10.0. The molecule has 0 saturated carbocycles. The highest BCUT2D eigenvalue weighted by Crippen LogP contribution is 2.25. The molecule has 100 valence electrons. The van der Waals surface area contributed by atoms with Gasteiger partial charge in [-0.2, -0.15) is 8.78 Å². The number of carbonyl (C=O) groups is 1. The fraction of sp³-hybridized carbons (Fsp3) is 0.417. The lowest BCUT2D eigenvalue weighted by Crippen LogP contribution is -2.39. The van der Waals surface area contributed by atoms with Gasteiger partial charge >= 0.3 is 6.61 Å². The molecule has 0 aliphatic rings. The van der Waals surface area contributed by atoms with Crippen LogP contribution in [0.25, 0.3) is 0 Å². The number of hydrogen-bond donors (Lipinski definition) is 2. The maximum Gasteiger partial charge on any atom is 0.387 e. The minimum absolute atomic E-state index is 0.0480. The number of rotatable bonds is 5. The number of nitrogens with one attached hydrogen (secondary N) is 1. The molecule has 0 aromatic heterocycles. The van der Waals surface area contributed by atoms with Gasteiger partial charge < -0.3 is 15.8 Å². The molecule has 1 aromatic carbocycles. The molecule has 0 aliphatic carbocycles. The first-order chi connectivity index (χ1) is 8.41. The highest BCUT2D eigenvalue weighted by Gasteiger charge is 2.19. The molecule has 4 nitrogen and oxygen atoms in total. The molecule has 3 N–H and O–H groups in total. The SMILES string of the molecule is CC(C)C(N)C(=O)Nc1ccccc1OC(F)F. The Hall–Kier alpha value is -1.69. The minimum atomic E-state index is -2.94. The Morgan fingerprint density at radius 1 is 1.33 bits per heavy atom. The number of ether oxygens (including phenoxy) is 1. The molecule has 0 heterocycles. The van der Waals surface area contributed by atoms with Crippen LogP contribution >= 0.6 is 0 Å². The van der Waals surface area contributed by atoms with Gasteiger partial charge in [0, 0.05) is 0 Å². The summed E-state index contributed by atoms with van der Waals surface area (Å²) in [7, 11) is 0. The van der Waals surface area contributed by atoms with Gasteiger partial charge in [-0.05, 0) is 18.1 Å². The highest BCUT2D eigenvalue weighted by molar-refractivity contribution is 5.96. The average Bonchev–Trinajstić information content (AvgIpc) is 2.29. The summed E-state index contributed by atoms with van der Waals surface area (Å²) >= 11 is 0. The van der Waals surface area contributed by atoms with Crippen molar-refractivity contribution in [3.63, 3.8) is 0 Å². The summed E-state index contributed by atoms with van der Waals surface area (Å²) in [4.78, 5) is 11.7. The molecular weight excluding hydrogens is 242 g/mol. The van der Waals surface area contributed by atoms with Gasteiger partial charge in [-0.3, -0.25) is 4.79 Å². The van der Waals surface area contributed by atoms with E-state index in [0.29, 0.717) is 0 Å². The molecule has 1 atom stereocenters. The van der Waals surface area contributed by atoms with Crippen LogP contribution in [0.1, 0.15) is 13.8 Å². The van der Waals surface area contributed by atoms with Crippen molar-refractivity contribution in [2.45, 2.75) is 26.5 Å². The van der Waals surface area contributed by atoms with Gasteiger partial charge in [0.15, 0.2) is 0 Å². The zero-order valence-corrected chi connectivity index (χ0v) is 10.2. The summed E-state index contributed by atoms with van der Waals surface area (Å²) in [5.41, 5.74) is 5.84. The monoisotopic (exact) mass is 258 g/mol. The molecule has 0 aliphatic heterocycles. The molecule has 1 aromatic rings. The van der Waals surface area contributed by atoms with Crippen LogP contribution in [0.3, 0.4) is 0 Å². The summed E-state index contributed by atoms with van der Waals surface area (Å²) in [6.45, 7) is 0.652. The zero-order chi connectivity index (χ0) is 13.7. The van der Waals surface area contributed by atoms with Crippen molar-refractivity contribution in [2.75, 3.05) is 5.32 Å². The number of alkyl halides is 2. The molecular formula is C12H16F2N2O2. The van der Waals surface area contributed by atoms with Gasteiger partial charge in [0.2, 0.25) is 5.91 Å². The van der Waals surface area contributed by atoms with Crippen LogP contribution < -0.4 is 15.8 Å². The van der Waals surface area contributed by atoms with Gasteiger partial charge in [-0.1, -0.05) is 26.0 Å². The number of halogens is 2. The summed E-state index contributed by atoms with van der Waals surface area (Å²) in [5, 5.41) is 2.47. The van der Waals surface area contributed by atoms with Crippen LogP contribution in [-0.4, -0.2) is 18.6 Å². The standard InChI is InChI=1S/C12H16F2N2O2/c1-7(2)10(15)11(17)16-8-5-3-4-6-9(8)18-12(13)14/h3-7,10,12H,15H2,1-2H3,(H,16,17). The summed E-state index contributed by atoms with van der Waals surface area (Å²) < 4.78 is 28.6. The fourth-order valence-corrected chi connectivity index (χ4v) is 1.29. The molecule has 0 saturated heterocycles. The van der Waals surface area contributed by atoms with Crippen molar-refractivity contribution in [1.82, 2.24) is 0 Å². The van der Waals surface area contributed by atoms with Crippen molar-refractivity contribution in [1.29, 1.82) is 0 Å². The van der Waals surface area contributed by atoms with E-state index in [1.807, 2.05) is 0 Å². The van der Waals surface area contributed by atoms with E-state index >= 15 is 0 Å². The normalized spacial score (nSPS) is 12.6. The summed E-state index contributed by atoms with van der Waals surface area (Å²) in [5.74, 6) is -0.569. The molecule has 0 bridgehead atoms. The number of benzene rings is 1. The van der Waals surface area contributed by atoms with Gasteiger partial charge in [0.1, 0.15) is 5.75 Å². The summed E-state index contributed by atoms with van der Waals surface area (Å²) in [6, 6.07) is 5.26. The van der Waals surface area contributed by atoms with Crippen molar-refractivity contribution in [3.8, 4) is 5.75 Å². The lowest BCUT2D eigenvalue weighted by Gasteiger charge is -2.17. The third kappa shape index (κ3) is 3.96. The smallest absolute Gasteiger partial charge is 0.387 e. The number of para-hydroxylation sites is 2. The number of carbonyl (C=O) groups excluding carboxylic acids is 1. The molecule has 1 rings (SSSR count). The van der Waals surface area contributed by atoms with E-state index in [0.717, 1.165) is 0 Å². The van der Waals surface area contributed by atoms with E-state index in [1.165, 1.54) is 18.2 Å². The first kappa shape index (κ1) is 14.4. The number of hydrogen-bond acceptors (Lipinski definition) is 3. The molecule has 1 unspecified atom stereocenters. The molecule has 0 spiro atoms. The highest BCUT2D eigenvalue weighted by atomic mass is 19.3. The van der Waals surface area contributed by atoms with Crippen LogP contribution in [0.15, 0.2) is 24.3 Å². The fourth-order valence-electron chi connectivity index (χ4n) is 1.29. The first-order valence-corrected chi connectivity index (χ1v) is 5.52. The summed E-state index contributed by atoms with van der Waals surface area (Å²) in [6.07, 6.45) is 0. The Morgan fingerprint density at radius 3 is 2.50 bits per heavy atom. The lowest BCUT2D eigenvalue weighted by molar-refractivity contribution is -0.118. The largest absolute Gasteiger partial charge is 0.433 e. The van der Waals surface area contributed by atoms with Crippen LogP contribution in [0.5, 0.6) is 5.75 Å². The second-order valence-corrected chi connectivity index (χ2v) is 4.13. The second kappa shape index (κ2) is 6.30. The molecule has 0 fully saturated rings. The van der Waals surface area contributed by atoms with E-state index < -0.39 is 18.6 Å². The van der Waals surface area contributed by atoms with Crippen LogP contribution in [-0.2, 0) is 4.79 Å². The molecule has 1 amide bonds. The Balaban J connectivity index is 2.81. The maximum atomic E-state index is 12.2. The predicted molar refractivity (Wildman–Crippen MR) is 64.5 cm³/mol. The van der Waals surface area contributed by atoms with Crippen LogP contribution in [0.4, 0.5) is 14.5 Å². The van der Waals surface area contributed by atoms with Crippen molar-refractivity contribution >= 4 is 11.6 Å². The van der Waals surface area contributed by atoms with E-state index in [9.17, 15) is 13.6 Å². The van der Waals surface area contributed by atoms with Crippen LogP contribution in [0.2, 0.25) is 0 Å². The number of nitrogens with two attached hydrogens (primary N) is 1. The number of anilines is 1. The van der Waals surface area contributed by atoms with E-state index in [2.05, 4.69) is 10.1 Å². The van der Waals surface area contributed by atoms with Gasteiger partial charge in [0.05, 0.1) is 11.7 Å². The predicted octanol–water partition coefficient (Wildman–Crippen LogP) is 2.21. The minimum Gasteiger partial charge on any atom is -0.433 e. The molecule has 6 heteroatoms. The zero-order valence-electron chi connectivity index (χ0n) is 10.2. The van der Waals surface area contributed by atoms with Crippen molar-refractivity contribution in [3.05, 3.63) is 24.3 Å². The Kier molecular flexibility index (Phi) is 5.03. The third-order valence-electron chi connectivity index (χ3n) is 2.38.